The molecule has 1 amide bonds. The largest absolute Gasteiger partial charge is 0.497 e. The number of fused-ring (bicyclic) bond motifs is 2. The molecule has 3 N–H and O–H groups in total. The van der Waals surface area contributed by atoms with Crippen molar-refractivity contribution in [1.82, 2.24) is 29.5 Å². The van der Waals surface area contributed by atoms with E-state index in [2.05, 4.69) is 85.0 Å². The first kappa shape index (κ1) is 50.2. The molecule has 3 aromatic heterocycles. The van der Waals surface area contributed by atoms with Crippen molar-refractivity contribution < 1.29 is 41.8 Å². The van der Waals surface area contributed by atoms with Crippen molar-refractivity contribution in [3.05, 3.63) is 124 Å². The molecule has 7 heterocycles. The van der Waals surface area contributed by atoms with Crippen molar-refractivity contribution >= 4 is 44.2 Å². The first-order valence-electron chi connectivity index (χ1n) is 25.9. The molecule has 0 bridgehead atoms. The Balaban J connectivity index is 0.805. The molecule has 0 radical (unpaired) electrons. The van der Waals surface area contributed by atoms with Crippen molar-refractivity contribution in [3.63, 3.8) is 0 Å². The lowest BCUT2D eigenvalue weighted by atomic mass is 9.59. The number of benzene rings is 3. The summed E-state index contributed by atoms with van der Waals surface area (Å²) in [5, 5.41) is 16.3. The van der Waals surface area contributed by atoms with Crippen LogP contribution < -0.4 is 33.9 Å². The molecule has 3 aromatic carbocycles. The number of sulfonamides is 1. The molecule has 1 spiro atoms. The van der Waals surface area contributed by atoms with Gasteiger partial charge in [0.15, 0.2) is 17.2 Å². The average Bonchev–Trinajstić information content (AvgIpc) is 4.11. The molecule has 5 aliphatic rings. The summed E-state index contributed by atoms with van der Waals surface area (Å²) in [4.78, 5) is 45.2. The fraction of sp³-hybridized carbons (Fsp3) is 0.436. The highest BCUT2D eigenvalue weighted by Gasteiger charge is 2.50. The Morgan fingerprint density at radius 1 is 0.947 bits per heavy atom. The molecular formula is C55H63N9O10S. The van der Waals surface area contributed by atoms with Crippen molar-refractivity contribution in [1.29, 1.82) is 0 Å². The number of aromatic nitrogens is 3. The lowest BCUT2D eigenvalue weighted by Crippen LogP contribution is -2.60. The number of carbonyl (C=O) groups excluding carboxylic acids is 1. The number of nitrogens with one attached hydrogen (secondary N) is 3. The Kier molecular flexibility index (Phi) is 14.0. The van der Waals surface area contributed by atoms with E-state index in [1.165, 1.54) is 29.1 Å². The summed E-state index contributed by atoms with van der Waals surface area (Å²) >= 11 is 0. The number of aromatic amines is 1. The summed E-state index contributed by atoms with van der Waals surface area (Å²) in [6, 6.07) is 24.3. The van der Waals surface area contributed by atoms with Crippen LogP contribution in [-0.2, 0) is 21.3 Å². The van der Waals surface area contributed by atoms with Crippen LogP contribution in [0.2, 0.25) is 0 Å². The molecule has 3 saturated heterocycles. The number of piperazine rings is 1. The number of carbonyl (C=O) groups is 1. The molecule has 11 rings (SSSR count). The van der Waals surface area contributed by atoms with Gasteiger partial charge in [-0.25, -0.2) is 23.1 Å². The Morgan fingerprint density at radius 3 is 2.48 bits per heavy atom. The number of hydrogen-bond acceptors (Lipinski definition) is 16. The molecule has 19 nitrogen and oxygen atoms in total. The molecule has 4 aliphatic heterocycles. The number of anilines is 2. The van der Waals surface area contributed by atoms with Crippen LogP contribution in [-0.4, -0.2) is 116 Å². The van der Waals surface area contributed by atoms with E-state index in [4.69, 9.17) is 28.7 Å². The second-order valence-corrected chi connectivity index (χ2v) is 22.5. The number of methoxy groups -OCH3 is 1. The maximum Gasteiger partial charge on any atom is 0.297 e. The van der Waals surface area contributed by atoms with Crippen LogP contribution in [0.3, 0.4) is 0 Å². The number of piperidine rings is 1. The van der Waals surface area contributed by atoms with E-state index in [0.717, 1.165) is 95.0 Å². The summed E-state index contributed by atoms with van der Waals surface area (Å²) in [6.45, 7) is 11.0. The van der Waals surface area contributed by atoms with Gasteiger partial charge in [-0.3, -0.25) is 24.7 Å². The maximum absolute atomic E-state index is 14.3. The minimum Gasteiger partial charge on any atom is -0.497 e. The van der Waals surface area contributed by atoms with Crippen molar-refractivity contribution in [2.45, 2.75) is 81.8 Å². The quantitative estimate of drug-likeness (QED) is 0.0610. The average molecular weight is 1040 g/mol. The lowest BCUT2D eigenvalue weighted by Gasteiger charge is -2.58. The molecule has 75 heavy (non-hydrogen) atoms. The van der Waals surface area contributed by atoms with Gasteiger partial charge >= 0.3 is 0 Å². The third kappa shape index (κ3) is 10.4. The van der Waals surface area contributed by atoms with Crippen LogP contribution in [0.1, 0.15) is 91.4 Å². The van der Waals surface area contributed by atoms with Crippen LogP contribution in [0.15, 0.2) is 96.3 Å². The zero-order valence-electron chi connectivity index (χ0n) is 42.5. The second kappa shape index (κ2) is 21.0. The zero-order valence-corrected chi connectivity index (χ0v) is 43.3. The number of nitro groups is 1. The third-order valence-corrected chi connectivity index (χ3v) is 17.2. The SMILES string of the molecule is COc1ccc(CN2CCN(C3CC4(CCN(c5cc(Oc6cnc7[nH]ccc7c6)c(C(=O)NS(=O)(=O)c6cc([N+](=O)[O-])c(NCC7CCOCC7)c7c6OCO7)cn5)CC4)C3)C(c3ccccc3C(C)C)C2)cc1. The van der Waals surface area contributed by atoms with Crippen LogP contribution in [0.25, 0.3) is 11.0 Å². The molecule has 6 aromatic rings. The smallest absolute Gasteiger partial charge is 0.297 e. The Labute approximate surface area is 436 Å². The standard InChI is InChI=1S/C55H63N9O10S/c1-35(2)42-6-4-5-7-43(42)46-33-61(32-37-8-10-40(70-3)11-9-37)20-21-63(46)39-27-55(28-39)15-18-62(19-16-55)49-26-47(74-41-24-38-12-17-56-53(38)59-30-41)44(31-57-49)54(65)60-75(68,69)48-25-45(64(66)67)50(52-51(48)72-34-73-52)58-29-36-13-22-71-23-14-36/h4-12,17,24-26,30-31,35-36,39,46,58H,13-16,18-23,27-29,32-34H2,1-3H3,(H,56,59)(H,60,65). The van der Waals surface area contributed by atoms with Gasteiger partial charge in [0.2, 0.25) is 6.79 Å². The van der Waals surface area contributed by atoms with E-state index in [1.54, 1.807) is 25.4 Å². The highest BCUT2D eigenvalue weighted by Crippen LogP contribution is 2.54. The van der Waals surface area contributed by atoms with Gasteiger partial charge in [0, 0.05) is 101 Å². The van der Waals surface area contributed by atoms with Gasteiger partial charge in [0.1, 0.15) is 39.2 Å². The van der Waals surface area contributed by atoms with Crippen LogP contribution in [0.5, 0.6) is 28.7 Å². The van der Waals surface area contributed by atoms with E-state index >= 15 is 0 Å². The summed E-state index contributed by atoms with van der Waals surface area (Å²) < 4.78 is 59.0. The summed E-state index contributed by atoms with van der Waals surface area (Å²) in [5.74, 6) is 0.960. The van der Waals surface area contributed by atoms with Gasteiger partial charge in [-0.05, 0) is 96.7 Å². The predicted molar refractivity (Wildman–Crippen MR) is 281 cm³/mol. The van der Waals surface area contributed by atoms with E-state index in [9.17, 15) is 23.3 Å². The summed E-state index contributed by atoms with van der Waals surface area (Å²) in [7, 11) is -3.12. The van der Waals surface area contributed by atoms with Crippen LogP contribution in [0.4, 0.5) is 17.2 Å². The van der Waals surface area contributed by atoms with E-state index in [-0.39, 0.29) is 52.7 Å². The number of nitrogens with zero attached hydrogens (tertiary/aromatic N) is 6. The topological polar surface area (TPSA) is 216 Å². The second-order valence-electron chi connectivity index (χ2n) is 20.9. The molecular weight excluding hydrogens is 979 g/mol. The summed E-state index contributed by atoms with van der Waals surface area (Å²) in [5.41, 5.74) is 4.22. The van der Waals surface area contributed by atoms with Gasteiger partial charge in [0.05, 0.1) is 18.2 Å². The van der Waals surface area contributed by atoms with Gasteiger partial charge < -0.3 is 38.9 Å². The van der Waals surface area contributed by atoms with E-state index < -0.39 is 31.4 Å². The Hall–Kier alpha value is -7.00. The van der Waals surface area contributed by atoms with Gasteiger partial charge in [0.25, 0.3) is 21.6 Å². The molecule has 1 unspecified atom stereocenters. The molecule has 4 fully saturated rings. The van der Waals surface area contributed by atoms with Crippen LogP contribution in [0, 0.1) is 21.4 Å². The van der Waals surface area contributed by atoms with E-state index in [0.29, 0.717) is 48.9 Å². The first-order chi connectivity index (χ1) is 36.3. The number of nitro benzene ring substituents is 1. The maximum atomic E-state index is 14.3. The first-order valence-corrected chi connectivity index (χ1v) is 27.4. The van der Waals surface area contributed by atoms with Crippen molar-refractivity contribution in [2.24, 2.45) is 11.3 Å². The number of rotatable bonds is 16. The monoisotopic (exact) mass is 1040 g/mol. The van der Waals surface area contributed by atoms with Crippen molar-refractivity contribution in [2.75, 3.05) is 76.6 Å². The molecule has 1 aliphatic carbocycles. The lowest BCUT2D eigenvalue weighted by molar-refractivity contribution is -0.384. The third-order valence-electron chi connectivity index (χ3n) is 15.9. The van der Waals surface area contributed by atoms with Crippen molar-refractivity contribution in [3.8, 4) is 28.7 Å². The van der Waals surface area contributed by atoms with E-state index in [1.807, 2.05) is 18.2 Å². The van der Waals surface area contributed by atoms with Gasteiger partial charge in [-0.15, -0.1) is 0 Å². The molecule has 1 atom stereocenters. The highest BCUT2D eigenvalue weighted by molar-refractivity contribution is 7.90. The predicted octanol–water partition coefficient (Wildman–Crippen LogP) is 8.78. The number of hydrogen-bond donors (Lipinski definition) is 3. The molecule has 1 saturated carbocycles. The normalized spacial score (nSPS) is 19.3. The molecule has 394 valence electrons. The number of ether oxygens (including phenoxy) is 5. The van der Waals surface area contributed by atoms with Gasteiger partial charge in [-0.2, -0.15) is 0 Å². The van der Waals surface area contributed by atoms with Gasteiger partial charge in [-0.1, -0.05) is 50.2 Å². The number of amides is 1. The fourth-order valence-electron chi connectivity index (χ4n) is 11.8. The number of pyridine rings is 2. The molecule has 20 heteroatoms. The Morgan fingerprint density at radius 2 is 1.72 bits per heavy atom. The Bertz CT molecular complexity index is 3180. The summed E-state index contributed by atoms with van der Waals surface area (Å²) in [6.07, 6.45) is 10.3. The number of H-pyrrole nitrogens is 1. The minimum atomic E-state index is -4.82. The zero-order chi connectivity index (χ0) is 51.8. The highest BCUT2D eigenvalue weighted by atomic mass is 32.2. The van der Waals surface area contributed by atoms with Crippen LogP contribution >= 0.6 is 0 Å². The fourth-order valence-corrected chi connectivity index (χ4v) is 12.9. The minimum absolute atomic E-state index is 0.000898.